The van der Waals surface area contributed by atoms with E-state index < -0.39 is 0 Å². The Kier molecular flexibility index (Phi) is 2.80. The molecule has 100 valence electrons. The molecular formula is C16H26N2. The highest BCUT2D eigenvalue weighted by molar-refractivity contribution is 5.24. The van der Waals surface area contributed by atoms with Gasteiger partial charge in [0.2, 0.25) is 0 Å². The molecule has 1 N–H and O–H groups in total. The first kappa shape index (κ1) is 12.3. The summed E-state index contributed by atoms with van der Waals surface area (Å²) in [6.07, 6.45) is 6.50. The lowest BCUT2D eigenvalue weighted by atomic mass is 9.81. The van der Waals surface area contributed by atoms with Crippen LogP contribution in [0.2, 0.25) is 0 Å². The number of H-pyrrole nitrogens is 1. The number of aromatic amines is 1. The summed E-state index contributed by atoms with van der Waals surface area (Å²) in [4.78, 5) is 8.67. The zero-order valence-corrected chi connectivity index (χ0v) is 12.2. The molecule has 1 aromatic rings. The molecule has 2 aliphatic carbocycles. The van der Waals surface area contributed by atoms with Crippen LogP contribution in [0.25, 0.3) is 0 Å². The topological polar surface area (TPSA) is 28.7 Å². The van der Waals surface area contributed by atoms with Crippen molar-refractivity contribution in [3.8, 4) is 0 Å². The fourth-order valence-corrected chi connectivity index (χ4v) is 4.15. The molecule has 1 saturated carbocycles. The van der Waals surface area contributed by atoms with Crippen molar-refractivity contribution in [3.63, 3.8) is 0 Å². The van der Waals surface area contributed by atoms with Gasteiger partial charge in [-0.25, -0.2) is 4.98 Å². The van der Waals surface area contributed by atoms with Crippen molar-refractivity contribution in [1.29, 1.82) is 0 Å². The predicted molar refractivity (Wildman–Crippen MR) is 74.9 cm³/mol. The van der Waals surface area contributed by atoms with Gasteiger partial charge in [-0.3, -0.25) is 0 Å². The van der Waals surface area contributed by atoms with E-state index in [2.05, 4.69) is 32.7 Å². The molecule has 0 aliphatic heterocycles. The molecule has 2 heteroatoms. The van der Waals surface area contributed by atoms with E-state index in [0.717, 1.165) is 5.92 Å². The number of rotatable bonds is 1. The molecule has 0 spiro atoms. The van der Waals surface area contributed by atoms with Gasteiger partial charge in [0.05, 0.1) is 5.69 Å². The van der Waals surface area contributed by atoms with E-state index in [9.17, 15) is 0 Å². The van der Waals surface area contributed by atoms with Crippen molar-refractivity contribution in [1.82, 2.24) is 9.97 Å². The van der Waals surface area contributed by atoms with Crippen LogP contribution >= 0.6 is 0 Å². The first-order valence-corrected chi connectivity index (χ1v) is 7.56. The molecule has 0 bridgehead atoms. The van der Waals surface area contributed by atoms with Gasteiger partial charge in [-0.05, 0) is 37.0 Å². The van der Waals surface area contributed by atoms with Crippen molar-refractivity contribution in [3.05, 3.63) is 17.2 Å². The van der Waals surface area contributed by atoms with Crippen LogP contribution in [-0.4, -0.2) is 9.97 Å². The highest BCUT2D eigenvalue weighted by Gasteiger charge is 2.38. The number of imidazole rings is 1. The Hall–Kier alpha value is -0.790. The highest BCUT2D eigenvalue weighted by Crippen LogP contribution is 2.48. The summed E-state index contributed by atoms with van der Waals surface area (Å²) in [5.41, 5.74) is 3.22. The van der Waals surface area contributed by atoms with Gasteiger partial charge >= 0.3 is 0 Å². The van der Waals surface area contributed by atoms with Crippen molar-refractivity contribution >= 4 is 0 Å². The maximum absolute atomic E-state index is 4.99. The van der Waals surface area contributed by atoms with Gasteiger partial charge in [0.15, 0.2) is 0 Å². The van der Waals surface area contributed by atoms with Crippen LogP contribution in [0.3, 0.4) is 0 Å². The van der Waals surface area contributed by atoms with Crippen molar-refractivity contribution in [2.24, 2.45) is 11.3 Å². The average Bonchev–Trinajstić information content (AvgIpc) is 2.80. The Balaban J connectivity index is 1.94. The molecule has 3 rings (SSSR count). The summed E-state index contributed by atoms with van der Waals surface area (Å²) in [7, 11) is 0. The Morgan fingerprint density at radius 1 is 1.28 bits per heavy atom. The Morgan fingerprint density at radius 2 is 2.06 bits per heavy atom. The third-order valence-electron chi connectivity index (χ3n) is 5.19. The van der Waals surface area contributed by atoms with Gasteiger partial charge in [0.25, 0.3) is 0 Å². The maximum Gasteiger partial charge on any atom is 0.110 e. The minimum absolute atomic E-state index is 0.426. The monoisotopic (exact) mass is 246 g/mol. The van der Waals surface area contributed by atoms with Crippen LogP contribution in [0.5, 0.6) is 0 Å². The number of nitrogens with one attached hydrogen (secondary N) is 1. The summed E-state index contributed by atoms with van der Waals surface area (Å²) in [5.74, 6) is 3.37. The number of hydrogen-bond acceptors (Lipinski definition) is 1. The lowest BCUT2D eigenvalue weighted by molar-refractivity contribution is 0.323. The Bertz CT molecular complexity index is 444. The summed E-state index contributed by atoms with van der Waals surface area (Å²) in [5, 5.41) is 0. The van der Waals surface area contributed by atoms with Crippen LogP contribution in [0.15, 0.2) is 0 Å². The molecular weight excluding hydrogens is 220 g/mol. The first-order chi connectivity index (χ1) is 8.47. The summed E-state index contributed by atoms with van der Waals surface area (Å²) >= 11 is 0. The van der Waals surface area contributed by atoms with Gasteiger partial charge in [-0.1, -0.05) is 34.1 Å². The number of nitrogens with zero attached hydrogens (tertiary/aromatic N) is 1. The summed E-state index contributed by atoms with van der Waals surface area (Å²) in [6, 6.07) is 0. The smallest absolute Gasteiger partial charge is 0.110 e. The molecule has 1 fully saturated rings. The van der Waals surface area contributed by atoms with Gasteiger partial charge in [-0.2, -0.15) is 0 Å². The zero-order chi connectivity index (χ0) is 12.9. The standard InChI is InChI=1S/C16H26N2/c1-10-8-11(2)14-13(9-10)17-15(18-14)12-6-5-7-16(12,3)4/h10-12H,5-9H2,1-4H3,(H,17,18). The van der Waals surface area contributed by atoms with Gasteiger partial charge in [-0.15, -0.1) is 0 Å². The minimum Gasteiger partial charge on any atom is -0.345 e. The zero-order valence-electron chi connectivity index (χ0n) is 12.2. The molecule has 1 heterocycles. The van der Waals surface area contributed by atoms with Crippen LogP contribution < -0.4 is 0 Å². The number of aromatic nitrogens is 2. The molecule has 0 amide bonds. The fraction of sp³-hybridized carbons (Fsp3) is 0.812. The quantitative estimate of drug-likeness (QED) is 0.782. The van der Waals surface area contributed by atoms with Crippen LogP contribution in [-0.2, 0) is 6.42 Å². The Morgan fingerprint density at radius 3 is 2.72 bits per heavy atom. The van der Waals surface area contributed by atoms with Gasteiger partial charge < -0.3 is 4.98 Å². The van der Waals surface area contributed by atoms with Crippen LogP contribution in [0.1, 0.15) is 82.4 Å². The number of hydrogen-bond donors (Lipinski definition) is 1. The number of fused-ring (bicyclic) bond motifs is 1. The SMILES string of the molecule is CC1Cc2[nH]c(C3CCCC3(C)C)nc2C(C)C1. The molecule has 3 unspecified atom stereocenters. The average molecular weight is 246 g/mol. The lowest BCUT2D eigenvalue weighted by Gasteiger charge is -2.25. The van der Waals surface area contributed by atoms with Crippen LogP contribution in [0.4, 0.5) is 0 Å². The van der Waals surface area contributed by atoms with E-state index >= 15 is 0 Å². The lowest BCUT2D eigenvalue weighted by Crippen LogP contribution is -2.16. The second-order valence-electron chi connectivity index (χ2n) is 7.37. The minimum atomic E-state index is 0.426. The van der Waals surface area contributed by atoms with E-state index in [4.69, 9.17) is 4.98 Å². The molecule has 0 aromatic carbocycles. The van der Waals surface area contributed by atoms with Crippen LogP contribution in [0, 0.1) is 11.3 Å². The second kappa shape index (κ2) is 4.11. The summed E-state index contributed by atoms with van der Waals surface area (Å²) in [6.45, 7) is 9.49. The van der Waals surface area contributed by atoms with E-state index in [0.29, 0.717) is 17.3 Å². The van der Waals surface area contributed by atoms with E-state index in [1.54, 1.807) is 0 Å². The predicted octanol–water partition coefficient (Wildman–Crippen LogP) is 4.39. The molecule has 2 nitrogen and oxygen atoms in total. The molecule has 18 heavy (non-hydrogen) atoms. The van der Waals surface area contributed by atoms with E-state index in [-0.39, 0.29) is 0 Å². The van der Waals surface area contributed by atoms with Crippen molar-refractivity contribution in [2.75, 3.05) is 0 Å². The van der Waals surface area contributed by atoms with E-state index in [1.807, 2.05) is 0 Å². The highest BCUT2D eigenvalue weighted by atomic mass is 15.0. The molecule has 3 atom stereocenters. The van der Waals surface area contributed by atoms with Crippen molar-refractivity contribution in [2.45, 2.75) is 71.6 Å². The summed E-state index contributed by atoms with van der Waals surface area (Å²) < 4.78 is 0. The first-order valence-electron chi connectivity index (χ1n) is 7.56. The normalized spacial score (nSPS) is 34.6. The molecule has 0 saturated heterocycles. The van der Waals surface area contributed by atoms with Gasteiger partial charge in [0, 0.05) is 17.5 Å². The van der Waals surface area contributed by atoms with E-state index in [1.165, 1.54) is 49.3 Å². The molecule has 1 aromatic heterocycles. The largest absolute Gasteiger partial charge is 0.345 e. The fourth-order valence-electron chi connectivity index (χ4n) is 4.15. The van der Waals surface area contributed by atoms with Crippen molar-refractivity contribution < 1.29 is 0 Å². The third kappa shape index (κ3) is 1.90. The third-order valence-corrected chi connectivity index (χ3v) is 5.19. The maximum atomic E-state index is 4.99. The molecule has 0 radical (unpaired) electrons. The second-order valence-corrected chi connectivity index (χ2v) is 7.37. The Labute approximate surface area is 111 Å². The molecule has 2 aliphatic rings. The van der Waals surface area contributed by atoms with Gasteiger partial charge in [0.1, 0.15) is 5.82 Å².